The SMILES string of the molecule is Cn1c(COc2ccccc2O)cc2cc(CN)ccc21. The van der Waals surface area contributed by atoms with E-state index in [0.717, 1.165) is 22.2 Å². The number of ether oxygens (including phenoxy) is 1. The van der Waals surface area contributed by atoms with Gasteiger partial charge in [0.25, 0.3) is 0 Å². The number of aromatic hydroxyl groups is 1. The first-order valence-corrected chi connectivity index (χ1v) is 6.87. The largest absolute Gasteiger partial charge is 0.504 e. The standard InChI is InChI=1S/C17H18N2O2/c1-19-14(11-21-17-5-3-2-4-16(17)20)9-13-8-12(10-18)6-7-15(13)19/h2-9,20H,10-11,18H2,1H3. The molecule has 108 valence electrons. The highest BCUT2D eigenvalue weighted by Gasteiger charge is 2.08. The average molecular weight is 282 g/mol. The molecule has 0 aliphatic carbocycles. The Morgan fingerprint density at radius 2 is 1.95 bits per heavy atom. The number of phenols is 1. The molecule has 2 aromatic carbocycles. The number of benzene rings is 2. The van der Waals surface area contributed by atoms with Gasteiger partial charge in [0.1, 0.15) is 6.61 Å². The first kappa shape index (κ1) is 13.5. The molecule has 4 nitrogen and oxygen atoms in total. The second-order valence-corrected chi connectivity index (χ2v) is 5.05. The number of aromatic nitrogens is 1. The number of phenolic OH excluding ortho intramolecular Hbond substituents is 1. The van der Waals surface area contributed by atoms with E-state index in [9.17, 15) is 5.11 Å². The van der Waals surface area contributed by atoms with Crippen LogP contribution in [0, 0.1) is 0 Å². The Labute approximate surface area is 123 Å². The van der Waals surface area contributed by atoms with Crippen LogP contribution in [0.25, 0.3) is 10.9 Å². The molecule has 0 bridgehead atoms. The van der Waals surface area contributed by atoms with Crippen molar-refractivity contribution in [3.8, 4) is 11.5 Å². The first-order chi connectivity index (χ1) is 10.2. The Bertz CT molecular complexity index is 778. The van der Waals surface area contributed by atoms with E-state index in [1.165, 1.54) is 0 Å². The topological polar surface area (TPSA) is 60.4 Å². The third-order valence-corrected chi connectivity index (χ3v) is 3.68. The van der Waals surface area contributed by atoms with E-state index < -0.39 is 0 Å². The van der Waals surface area contributed by atoms with Gasteiger partial charge in [-0.2, -0.15) is 0 Å². The van der Waals surface area contributed by atoms with Gasteiger partial charge in [-0.15, -0.1) is 0 Å². The predicted molar refractivity (Wildman–Crippen MR) is 83.2 cm³/mol. The highest BCUT2D eigenvalue weighted by molar-refractivity contribution is 5.82. The number of aryl methyl sites for hydroxylation is 1. The van der Waals surface area contributed by atoms with Crippen LogP contribution in [0.3, 0.4) is 0 Å². The normalized spacial score (nSPS) is 11.0. The third-order valence-electron chi connectivity index (χ3n) is 3.68. The average Bonchev–Trinajstić information content (AvgIpc) is 2.82. The molecule has 3 aromatic rings. The van der Waals surface area contributed by atoms with Crippen molar-refractivity contribution in [3.63, 3.8) is 0 Å². The van der Waals surface area contributed by atoms with Crippen LogP contribution in [0.1, 0.15) is 11.3 Å². The van der Waals surface area contributed by atoms with E-state index in [-0.39, 0.29) is 5.75 Å². The number of hydrogen-bond donors (Lipinski definition) is 2. The number of rotatable bonds is 4. The van der Waals surface area contributed by atoms with Gasteiger partial charge in [0.15, 0.2) is 11.5 Å². The van der Waals surface area contributed by atoms with Crippen molar-refractivity contribution in [3.05, 3.63) is 59.8 Å². The van der Waals surface area contributed by atoms with Crippen LogP contribution in [0.5, 0.6) is 11.5 Å². The highest BCUT2D eigenvalue weighted by Crippen LogP contribution is 2.26. The molecule has 0 saturated heterocycles. The molecule has 0 saturated carbocycles. The minimum Gasteiger partial charge on any atom is -0.504 e. The smallest absolute Gasteiger partial charge is 0.161 e. The van der Waals surface area contributed by atoms with Crippen LogP contribution in [0.15, 0.2) is 48.5 Å². The summed E-state index contributed by atoms with van der Waals surface area (Å²) in [5.74, 6) is 0.645. The molecule has 0 aliphatic heterocycles. The Balaban J connectivity index is 1.87. The van der Waals surface area contributed by atoms with E-state index in [1.54, 1.807) is 18.2 Å². The molecule has 0 amide bonds. The molecular formula is C17H18N2O2. The summed E-state index contributed by atoms with van der Waals surface area (Å²) < 4.78 is 7.79. The van der Waals surface area contributed by atoms with E-state index in [1.807, 2.05) is 19.2 Å². The van der Waals surface area contributed by atoms with Crippen molar-refractivity contribution in [2.24, 2.45) is 12.8 Å². The molecular weight excluding hydrogens is 264 g/mol. The van der Waals surface area contributed by atoms with Gasteiger partial charge in [0.05, 0.1) is 5.69 Å². The van der Waals surface area contributed by atoms with Gasteiger partial charge < -0.3 is 20.1 Å². The van der Waals surface area contributed by atoms with Crippen LogP contribution in [-0.2, 0) is 20.2 Å². The van der Waals surface area contributed by atoms with Crippen LogP contribution in [-0.4, -0.2) is 9.67 Å². The lowest BCUT2D eigenvalue weighted by Gasteiger charge is -2.08. The van der Waals surface area contributed by atoms with Crippen LogP contribution in [0.2, 0.25) is 0 Å². The monoisotopic (exact) mass is 282 g/mol. The zero-order valence-electron chi connectivity index (χ0n) is 11.9. The van der Waals surface area contributed by atoms with E-state index >= 15 is 0 Å². The van der Waals surface area contributed by atoms with Gasteiger partial charge in [-0.3, -0.25) is 0 Å². The Morgan fingerprint density at radius 3 is 2.71 bits per heavy atom. The molecule has 0 spiro atoms. The number of hydrogen-bond acceptors (Lipinski definition) is 3. The van der Waals surface area contributed by atoms with Gasteiger partial charge >= 0.3 is 0 Å². The summed E-state index contributed by atoms with van der Waals surface area (Å²) in [6.45, 7) is 0.940. The third kappa shape index (κ3) is 2.58. The molecule has 0 atom stereocenters. The summed E-state index contributed by atoms with van der Waals surface area (Å²) in [6.07, 6.45) is 0. The first-order valence-electron chi connectivity index (χ1n) is 6.87. The van der Waals surface area contributed by atoms with E-state index in [0.29, 0.717) is 18.9 Å². The van der Waals surface area contributed by atoms with E-state index in [2.05, 4.69) is 22.8 Å². The maximum atomic E-state index is 9.72. The molecule has 0 radical (unpaired) electrons. The molecule has 1 aromatic heterocycles. The fourth-order valence-corrected chi connectivity index (χ4v) is 2.45. The van der Waals surface area contributed by atoms with Crippen molar-refractivity contribution < 1.29 is 9.84 Å². The minimum atomic E-state index is 0.154. The van der Waals surface area contributed by atoms with Crippen molar-refractivity contribution in [2.45, 2.75) is 13.2 Å². The molecule has 21 heavy (non-hydrogen) atoms. The zero-order valence-corrected chi connectivity index (χ0v) is 11.9. The second-order valence-electron chi connectivity index (χ2n) is 5.05. The van der Waals surface area contributed by atoms with Crippen LogP contribution >= 0.6 is 0 Å². The molecule has 0 aliphatic rings. The molecule has 3 N–H and O–H groups in total. The van der Waals surface area contributed by atoms with Crippen molar-refractivity contribution in [2.75, 3.05) is 0 Å². The second kappa shape index (κ2) is 5.50. The van der Waals surface area contributed by atoms with Crippen molar-refractivity contribution >= 4 is 10.9 Å². The lowest BCUT2D eigenvalue weighted by Crippen LogP contribution is -2.01. The predicted octanol–water partition coefficient (Wildman–Crippen LogP) is 2.92. The van der Waals surface area contributed by atoms with Crippen molar-refractivity contribution in [1.29, 1.82) is 0 Å². The molecule has 3 rings (SSSR count). The van der Waals surface area contributed by atoms with Gasteiger partial charge in [0, 0.05) is 24.5 Å². The summed E-state index contributed by atoms with van der Waals surface area (Å²) in [6, 6.07) is 15.3. The van der Waals surface area contributed by atoms with E-state index in [4.69, 9.17) is 10.5 Å². The lowest BCUT2D eigenvalue weighted by molar-refractivity contribution is 0.282. The van der Waals surface area contributed by atoms with Gasteiger partial charge in [-0.25, -0.2) is 0 Å². The molecule has 0 fully saturated rings. The van der Waals surface area contributed by atoms with Crippen LogP contribution in [0.4, 0.5) is 0 Å². The quantitative estimate of drug-likeness (QED) is 0.773. The van der Waals surface area contributed by atoms with Crippen molar-refractivity contribution in [1.82, 2.24) is 4.57 Å². The Hall–Kier alpha value is -2.46. The number of nitrogens with two attached hydrogens (primary N) is 1. The Kier molecular flexibility index (Phi) is 3.54. The fourth-order valence-electron chi connectivity index (χ4n) is 2.45. The van der Waals surface area contributed by atoms with Gasteiger partial charge in [-0.05, 0) is 35.9 Å². The minimum absolute atomic E-state index is 0.154. The molecule has 0 unspecified atom stereocenters. The zero-order chi connectivity index (χ0) is 14.8. The lowest BCUT2D eigenvalue weighted by atomic mass is 10.1. The molecule has 1 heterocycles. The maximum Gasteiger partial charge on any atom is 0.161 e. The van der Waals surface area contributed by atoms with Crippen LogP contribution < -0.4 is 10.5 Å². The highest BCUT2D eigenvalue weighted by atomic mass is 16.5. The summed E-state index contributed by atoms with van der Waals surface area (Å²) in [5, 5.41) is 10.9. The number of fused-ring (bicyclic) bond motifs is 1. The summed E-state index contributed by atoms with van der Waals surface area (Å²) in [7, 11) is 2.01. The van der Waals surface area contributed by atoms with Gasteiger partial charge in [-0.1, -0.05) is 18.2 Å². The summed E-state index contributed by atoms with van der Waals surface area (Å²) in [5.41, 5.74) is 8.98. The molecule has 4 heteroatoms. The maximum absolute atomic E-state index is 9.72. The number of para-hydroxylation sites is 2. The fraction of sp³-hybridized carbons (Fsp3) is 0.176. The number of nitrogens with zero attached hydrogens (tertiary/aromatic N) is 1. The summed E-state index contributed by atoms with van der Waals surface area (Å²) >= 11 is 0. The Morgan fingerprint density at radius 1 is 1.14 bits per heavy atom. The van der Waals surface area contributed by atoms with Gasteiger partial charge in [0.2, 0.25) is 0 Å². The summed E-state index contributed by atoms with van der Waals surface area (Å²) in [4.78, 5) is 0.